The van der Waals surface area contributed by atoms with E-state index in [0.717, 1.165) is 12.8 Å². The van der Waals surface area contributed by atoms with E-state index in [2.05, 4.69) is 5.32 Å². The van der Waals surface area contributed by atoms with E-state index in [4.69, 9.17) is 9.84 Å². The van der Waals surface area contributed by atoms with Gasteiger partial charge in [-0.3, -0.25) is 0 Å². The van der Waals surface area contributed by atoms with Crippen LogP contribution in [0.2, 0.25) is 0 Å². The van der Waals surface area contributed by atoms with Crippen molar-refractivity contribution in [3.63, 3.8) is 0 Å². The van der Waals surface area contributed by atoms with Gasteiger partial charge in [-0.05, 0) is 12.8 Å². The number of nitrogens with one attached hydrogen (secondary N) is 1. The van der Waals surface area contributed by atoms with Gasteiger partial charge in [0.2, 0.25) is 0 Å². The molecule has 2 aliphatic rings. The highest BCUT2D eigenvalue weighted by atomic mass is 16.5. The average molecular weight is 258 g/mol. The molecule has 2 rings (SSSR count). The summed E-state index contributed by atoms with van der Waals surface area (Å²) in [5.74, 6) is -1.08. The van der Waals surface area contributed by atoms with E-state index < -0.39 is 24.1 Å². The summed E-state index contributed by atoms with van der Waals surface area (Å²) in [6.45, 7) is 1.22. The van der Waals surface area contributed by atoms with Gasteiger partial charge in [0, 0.05) is 19.6 Å². The van der Waals surface area contributed by atoms with Crippen molar-refractivity contribution in [2.75, 3.05) is 19.8 Å². The molecule has 3 atom stereocenters. The Morgan fingerprint density at radius 1 is 1.39 bits per heavy atom. The van der Waals surface area contributed by atoms with E-state index in [9.17, 15) is 14.7 Å². The molecule has 2 fully saturated rings. The highest BCUT2D eigenvalue weighted by Gasteiger charge is 2.39. The molecule has 0 aromatic carbocycles. The average Bonchev–Trinajstić information content (AvgIpc) is 2.73. The Kier molecular flexibility index (Phi) is 4.03. The highest BCUT2D eigenvalue weighted by molar-refractivity contribution is 5.83. The molecule has 2 saturated heterocycles. The Bertz CT molecular complexity index is 329. The van der Waals surface area contributed by atoms with Crippen molar-refractivity contribution in [3.8, 4) is 0 Å². The molecule has 2 amide bonds. The van der Waals surface area contributed by atoms with Crippen molar-refractivity contribution in [1.82, 2.24) is 10.2 Å². The smallest absolute Gasteiger partial charge is 0.326 e. The van der Waals surface area contributed by atoms with Gasteiger partial charge in [0.25, 0.3) is 0 Å². The van der Waals surface area contributed by atoms with E-state index in [0.29, 0.717) is 13.2 Å². The molecule has 18 heavy (non-hydrogen) atoms. The fourth-order valence-electron chi connectivity index (χ4n) is 2.38. The summed E-state index contributed by atoms with van der Waals surface area (Å²) in [4.78, 5) is 24.1. The minimum absolute atomic E-state index is 0.0659. The molecule has 7 heteroatoms. The van der Waals surface area contributed by atoms with Crippen LogP contribution < -0.4 is 5.32 Å². The number of aliphatic hydroxyl groups excluding tert-OH is 1. The topological polar surface area (TPSA) is 99.1 Å². The van der Waals surface area contributed by atoms with Crippen molar-refractivity contribution in [3.05, 3.63) is 0 Å². The monoisotopic (exact) mass is 258 g/mol. The van der Waals surface area contributed by atoms with E-state index in [1.54, 1.807) is 0 Å². The number of urea groups is 1. The van der Waals surface area contributed by atoms with Crippen molar-refractivity contribution in [1.29, 1.82) is 0 Å². The van der Waals surface area contributed by atoms with E-state index in [-0.39, 0.29) is 19.0 Å². The van der Waals surface area contributed by atoms with Crippen molar-refractivity contribution in [2.45, 2.75) is 37.5 Å². The predicted octanol–water partition coefficient (Wildman–Crippen LogP) is -0.605. The van der Waals surface area contributed by atoms with Crippen LogP contribution in [-0.4, -0.2) is 65.1 Å². The number of rotatable bonds is 2. The second-order valence-corrected chi connectivity index (χ2v) is 4.76. The molecule has 3 N–H and O–H groups in total. The number of carboxylic acids is 1. The number of carboxylic acid groups (broad SMARTS) is 1. The van der Waals surface area contributed by atoms with Gasteiger partial charge in [-0.2, -0.15) is 0 Å². The number of aliphatic carboxylic acids is 1. The molecule has 0 radical (unpaired) electrons. The largest absolute Gasteiger partial charge is 0.480 e. The maximum atomic E-state index is 12.0. The van der Waals surface area contributed by atoms with E-state index >= 15 is 0 Å². The maximum absolute atomic E-state index is 12.0. The molecule has 0 aromatic rings. The summed E-state index contributed by atoms with van der Waals surface area (Å²) in [5.41, 5.74) is 0. The molecular weight excluding hydrogens is 240 g/mol. The van der Waals surface area contributed by atoms with Gasteiger partial charge in [0.1, 0.15) is 6.04 Å². The van der Waals surface area contributed by atoms with Crippen molar-refractivity contribution in [2.24, 2.45) is 0 Å². The number of carbonyl (C=O) groups excluding carboxylic acids is 1. The second kappa shape index (κ2) is 5.53. The molecule has 0 aliphatic carbocycles. The Labute approximate surface area is 105 Å². The minimum atomic E-state index is -1.08. The van der Waals surface area contributed by atoms with Crippen LogP contribution in [0.25, 0.3) is 0 Å². The first-order valence-corrected chi connectivity index (χ1v) is 6.13. The standard InChI is InChI=1S/C11H18N2O5/c14-8-4-9(10(15)16)13(5-8)11(17)12-7-2-1-3-18-6-7/h7-9,14H,1-6H2,(H,12,17)(H,15,16)/t7?,8-,9+/m1/s1. The zero-order valence-corrected chi connectivity index (χ0v) is 10.0. The number of hydrogen-bond acceptors (Lipinski definition) is 4. The summed E-state index contributed by atoms with van der Waals surface area (Å²) in [6, 6.07) is -1.45. The van der Waals surface area contributed by atoms with Crippen LogP contribution >= 0.6 is 0 Å². The minimum Gasteiger partial charge on any atom is -0.480 e. The van der Waals surface area contributed by atoms with Crippen LogP contribution in [-0.2, 0) is 9.53 Å². The molecule has 0 spiro atoms. The first kappa shape index (κ1) is 13.1. The number of hydrogen-bond donors (Lipinski definition) is 3. The van der Waals surface area contributed by atoms with Gasteiger partial charge < -0.3 is 25.2 Å². The molecule has 102 valence electrons. The van der Waals surface area contributed by atoms with Crippen LogP contribution in [0.5, 0.6) is 0 Å². The zero-order valence-electron chi connectivity index (χ0n) is 10.0. The first-order valence-electron chi connectivity index (χ1n) is 6.13. The lowest BCUT2D eigenvalue weighted by Crippen LogP contribution is -2.51. The van der Waals surface area contributed by atoms with Gasteiger partial charge in [-0.1, -0.05) is 0 Å². The van der Waals surface area contributed by atoms with Gasteiger partial charge in [0.15, 0.2) is 0 Å². The third-order valence-corrected chi connectivity index (χ3v) is 3.31. The first-order chi connectivity index (χ1) is 8.58. The summed E-state index contributed by atoms with van der Waals surface area (Å²) in [5, 5.41) is 21.2. The molecule has 2 heterocycles. The SMILES string of the molecule is O=C(O)[C@@H]1C[C@@H](O)CN1C(=O)NC1CCCOC1. The predicted molar refractivity (Wildman–Crippen MR) is 61.1 cm³/mol. The quantitative estimate of drug-likeness (QED) is 0.614. The van der Waals surface area contributed by atoms with Crippen LogP contribution in [0.1, 0.15) is 19.3 Å². The third kappa shape index (κ3) is 2.91. The fraction of sp³-hybridized carbons (Fsp3) is 0.818. The van der Waals surface area contributed by atoms with Crippen LogP contribution in [0, 0.1) is 0 Å². The number of nitrogens with zero attached hydrogens (tertiary/aromatic N) is 1. The van der Waals surface area contributed by atoms with Gasteiger partial charge in [-0.25, -0.2) is 9.59 Å². The highest BCUT2D eigenvalue weighted by Crippen LogP contribution is 2.18. The Morgan fingerprint density at radius 3 is 2.78 bits per heavy atom. The zero-order chi connectivity index (χ0) is 13.1. The summed E-state index contributed by atoms with van der Waals surface area (Å²) < 4.78 is 5.24. The Morgan fingerprint density at radius 2 is 2.17 bits per heavy atom. The Hall–Kier alpha value is -1.34. The van der Waals surface area contributed by atoms with Gasteiger partial charge in [0.05, 0.1) is 18.8 Å². The molecule has 0 saturated carbocycles. The third-order valence-electron chi connectivity index (χ3n) is 3.31. The number of ether oxygens (including phenoxy) is 1. The van der Waals surface area contributed by atoms with Gasteiger partial charge >= 0.3 is 12.0 Å². The van der Waals surface area contributed by atoms with Crippen molar-refractivity contribution < 1.29 is 24.5 Å². The van der Waals surface area contributed by atoms with E-state index in [1.165, 1.54) is 4.90 Å². The summed E-state index contributed by atoms with van der Waals surface area (Å²) in [6.07, 6.45) is 1.04. The summed E-state index contributed by atoms with van der Waals surface area (Å²) in [7, 11) is 0. The fourth-order valence-corrected chi connectivity index (χ4v) is 2.38. The second-order valence-electron chi connectivity index (χ2n) is 4.76. The molecule has 2 aliphatic heterocycles. The van der Waals surface area contributed by atoms with Crippen molar-refractivity contribution >= 4 is 12.0 Å². The normalized spacial score (nSPS) is 32.3. The molecule has 7 nitrogen and oxygen atoms in total. The molecular formula is C11H18N2O5. The number of likely N-dealkylation sites (tertiary alicyclic amines) is 1. The lowest BCUT2D eigenvalue weighted by molar-refractivity contribution is -0.141. The lowest BCUT2D eigenvalue weighted by Gasteiger charge is -2.27. The van der Waals surface area contributed by atoms with E-state index in [1.807, 2.05) is 0 Å². The lowest BCUT2D eigenvalue weighted by atomic mass is 10.1. The van der Waals surface area contributed by atoms with Crippen LogP contribution in [0.4, 0.5) is 4.79 Å². The molecule has 0 aromatic heterocycles. The summed E-state index contributed by atoms with van der Waals surface area (Å²) >= 11 is 0. The number of amides is 2. The number of carbonyl (C=O) groups is 2. The molecule has 1 unspecified atom stereocenters. The van der Waals surface area contributed by atoms with Crippen LogP contribution in [0.15, 0.2) is 0 Å². The maximum Gasteiger partial charge on any atom is 0.326 e. The number of β-amino-alcohol motifs (C(OH)–C–C–N with tert-alkyl or cyclic N) is 1. The number of aliphatic hydroxyl groups is 1. The van der Waals surface area contributed by atoms with Crippen LogP contribution in [0.3, 0.4) is 0 Å². The Balaban J connectivity index is 1.92. The molecule has 0 bridgehead atoms. The van der Waals surface area contributed by atoms with Gasteiger partial charge in [-0.15, -0.1) is 0 Å².